The van der Waals surface area contributed by atoms with Crippen molar-refractivity contribution in [3.05, 3.63) is 30.3 Å². The number of para-hydroxylation sites is 1. The summed E-state index contributed by atoms with van der Waals surface area (Å²) in [6.07, 6.45) is 0.885. The Morgan fingerprint density at radius 1 is 1.32 bits per heavy atom. The number of anilines is 2. The first-order chi connectivity index (χ1) is 9.31. The summed E-state index contributed by atoms with van der Waals surface area (Å²) in [5, 5.41) is 4.10. The van der Waals surface area contributed by atoms with Crippen LogP contribution in [0.5, 0.6) is 11.5 Å². The highest BCUT2D eigenvalue weighted by atomic mass is 32.1. The highest BCUT2D eigenvalue weighted by Gasteiger charge is 2.10. The molecule has 19 heavy (non-hydrogen) atoms. The van der Waals surface area contributed by atoms with Crippen molar-refractivity contribution in [1.29, 1.82) is 0 Å². The third-order valence-corrected chi connectivity index (χ3v) is 3.30. The van der Waals surface area contributed by atoms with E-state index in [9.17, 15) is 0 Å². The Hall–Kier alpha value is -1.95. The summed E-state index contributed by atoms with van der Waals surface area (Å²) in [6, 6.07) is 9.77. The van der Waals surface area contributed by atoms with Gasteiger partial charge in [-0.3, -0.25) is 0 Å². The summed E-state index contributed by atoms with van der Waals surface area (Å²) < 4.78 is 14.8. The molecule has 3 N–H and O–H groups in total. The summed E-state index contributed by atoms with van der Waals surface area (Å²) in [6.45, 7) is 1.44. The van der Waals surface area contributed by atoms with Gasteiger partial charge in [-0.25, -0.2) is 0 Å². The van der Waals surface area contributed by atoms with Crippen molar-refractivity contribution in [3.8, 4) is 11.5 Å². The fraction of sp³-hybridized carbons (Fsp3) is 0.308. The SMILES string of the molecule is COc1c(N)nsc1NCCCOc1ccccc1. The molecule has 0 radical (unpaired) electrons. The van der Waals surface area contributed by atoms with Gasteiger partial charge >= 0.3 is 0 Å². The van der Waals surface area contributed by atoms with E-state index in [4.69, 9.17) is 15.2 Å². The van der Waals surface area contributed by atoms with Crippen LogP contribution in [0.25, 0.3) is 0 Å². The van der Waals surface area contributed by atoms with E-state index in [-0.39, 0.29) is 0 Å². The highest BCUT2D eigenvalue weighted by Crippen LogP contribution is 2.34. The number of nitrogens with one attached hydrogen (secondary N) is 1. The van der Waals surface area contributed by atoms with E-state index in [1.165, 1.54) is 11.5 Å². The molecule has 2 aromatic rings. The lowest BCUT2D eigenvalue weighted by atomic mass is 10.3. The fourth-order valence-corrected chi connectivity index (χ4v) is 2.29. The number of ether oxygens (including phenoxy) is 2. The topological polar surface area (TPSA) is 69.4 Å². The quantitative estimate of drug-likeness (QED) is 0.762. The number of nitrogen functional groups attached to an aromatic ring is 1. The molecule has 0 bridgehead atoms. The normalized spacial score (nSPS) is 10.2. The molecule has 102 valence electrons. The van der Waals surface area contributed by atoms with Crippen LogP contribution in [0.15, 0.2) is 30.3 Å². The van der Waals surface area contributed by atoms with Gasteiger partial charge in [0.2, 0.25) is 0 Å². The Bertz CT molecular complexity index is 502. The Labute approximate surface area is 116 Å². The number of nitrogens with zero attached hydrogens (tertiary/aromatic N) is 1. The molecule has 0 saturated carbocycles. The van der Waals surface area contributed by atoms with Gasteiger partial charge < -0.3 is 20.5 Å². The zero-order chi connectivity index (χ0) is 13.5. The van der Waals surface area contributed by atoms with E-state index in [0.717, 1.165) is 23.7 Å². The van der Waals surface area contributed by atoms with Crippen LogP contribution in [0.3, 0.4) is 0 Å². The summed E-state index contributed by atoms with van der Waals surface area (Å²) >= 11 is 1.30. The Morgan fingerprint density at radius 3 is 2.84 bits per heavy atom. The van der Waals surface area contributed by atoms with Gasteiger partial charge in [0.1, 0.15) is 5.75 Å². The first-order valence-corrected chi connectivity index (χ1v) is 6.79. The molecule has 1 heterocycles. The van der Waals surface area contributed by atoms with Crippen LogP contribution in [-0.2, 0) is 0 Å². The summed E-state index contributed by atoms with van der Waals surface area (Å²) in [7, 11) is 1.59. The number of methoxy groups -OCH3 is 1. The lowest BCUT2D eigenvalue weighted by Crippen LogP contribution is -2.07. The van der Waals surface area contributed by atoms with Crippen LogP contribution in [0.4, 0.5) is 10.8 Å². The van der Waals surface area contributed by atoms with Crippen LogP contribution in [-0.4, -0.2) is 24.6 Å². The zero-order valence-corrected chi connectivity index (χ0v) is 11.6. The Balaban J connectivity index is 1.69. The molecule has 0 atom stereocenters. The maximum absolute atomic E-state index is 5.67. The van der Waals surface area contributed by atoms with Crippen molar-refractivity contribution in [2.24, 2.45) is 0 Å². The van der Waals surface area contributed by atoms with Gasteiger partial charge in [-0.15, -0.1) is 0 Å². The number of nitrogens with two attached hydrogens (primary N) is 1. The molecule has 5 nitrogen and oxygen atoms in total. The summed E-state index contributed by atoms with van der Waals surface area (Å²) in [5.41, 5.74) is 5.67. The molecule has 0 saturated heterocycles. The number of hydrogen-bond acceptors (Lipinski definition) is 6. The molecule has 6 heteroatoms. The van der Waals surface area contributed by atoms with E-state index in [2.05, 4.69) is 9.69 Å². The monoisotopic (exact) mass is 279 g/mol. The van der Waals surface area contributed by atoms with Crippen LogP contribution in [0, 0.1) is 0 Å². The van der Waals surface area contributed by atoms with E-state index < -0.39 is 0 Å². The first-order valence-electron chi connectivity index (χ1n) is 6.02. The fourth-order valence-electron chi connectivity index (χ4n) is 1.58. The summed E-state index contributed by atoms with van der Waals surface area (Å²) in [5.74, 6) is 1.94. The van der Waals surface area contributed by atoms with Crippen molar-refractivity contribution in [2.45, 2.75) is 6.42 Å². The molecule has 0 aliphatic carbocycles. The maximum atomic E-state index is 5.67. The smallest absolute Gasteiger partial charge is 0.197 e. The van der Waals surface area contributed by atoms with E-state index >= 15 is 0 Å². The maximum Gasteiger partial charge on any atom is 0.197 e. The van der Waals surface area contributed by atoms with Crippen LogP contribution in [0.2, 0.25) is 0 Å². The van der Waals surface area contributed by atoms with E-state index in [1.54, 1.807) is 7.11 Å². The zero-order valence-electron chi connectivity index (χ0n) is 10.8. The average Bonchev–Trinajstić information content (AvgIpc) is 2.80. The van der Waals surface area contributed by atoms with Gasteiger partial charge in [-0.1, -0.05) is 18.2 Å². The molecule has 0 amide bonds. The predicted octanol–water partition coefficient (Wildman–Crippen LogP) is 2.61. The van der Waals surface area contributed by atoms with E-state index in [0.29, 0.717) is 18.2 Å². The average molecular weight is 279 g/mol. The van der Waals surface area contributed by atoms with Crippen molar-refractivity contribution in [3.63, 3.8) is 0 Å². The number of benzene rings is 1. The molecule has 0 fully saturated rings. The molecule has 0 unspecified atom stereocenters. The molecule has 1 aromatic heterocycles. The van der Waals surface area contributed by atoms with Crippen molar-refractivity contribution < 1.29 is 9.47 Å². The van der Waals surface area contributed by atoms with Crippen LogP contribution >= 0.6 is 11.5 Å². The minimum atomic E-state index is 0.426. The van der Waals surface area contributed by atoms with Gasteiger partial charge in [-0.05, 0) is 30.1 Å². The second kappa shape index (κ2) is 6.84. The van der Waals surface area contributed by atoms with Crippen LogP contribution in [0.1, 0.15) is 6.42 Å². The minimum absolute atomic E-state index is 0.426. The lowest BCUT2D eigenvalue weighted by Gasteiger charge is -2.07. The molecule has 0 aliphatic heterocycles. The predicted molar refractivity (Wildman–Crippen MR) is 78.1 cm³/mol. The minimum Gasteiger partial charge on any atom is -0.494 e. The van der Waals surface area contributed by atoms with Gasteiger partial charge in [0, 0.05) is 6.54 Å². The third kappa shape index (κ3) is 3.75. The first kappa shape index (κ1) is 13.5. The van der Waals surface area contributed by atoms with Crippen LogP contribution < -0.4 is 20.5 Å². The molecular formula is C13H17N3O2S. The van der Waals surface area contributed by atoms with Crippen molar-refractivity contribution >= 4 is 22.4 Å². The number of hydrogen-bond donors (Lipinski definition) is 2. The summed E-state index contributed by atoms with van der Waals surface area (Å²) in [4.78, 5) is 0. The van der Waals surface area contributed by atoms with Gasteiger partial charge in [-0.2, -0.15) is 4.37 Å². The van der Waals surface area contributed by atoms with Gasteiger partial charge in [0.15, 0.2) is 16.6 Å². The third-order valence-electron chi connectivity index (χ3n) is 2.50. The van der Waals surface area contributed by atoms with Gasteiger partial charge in [0.25, 0.3) is 0 Å². The van der Waals surface area contributed by atoms with Crippen molar-refractivity contribution in [2.75, 3.05) is 31.3 Å². The standard InChI is InChI=1S/C13H17N3O2S/c1-17-11-12(14)16-19-13(11)15-8-5-9-18-10-6-3-2-4-7-10/h2-4,6-7,15H,5,8-9H2,1H3,(H2,14,16). The Morgan fingerprint density at radius 2 is 2.11 bits per heavy atom. The van der Waals surface area contributed by atoms with Crippen molar-refractivity contribution in [1.82, 2.24) is 4.37 Å². The lowest BCUT2D eigenvalue weighted by molar-refractivity contribution is 0.315. The van der Waals surface area contributed by atoms with Gasteiger partial charge in [0.05, 0.1) is 13.7 Å². The molecule has 1 aromatic carbocycles. The Kier molecular flexibility index (Phi) is 4.85. The number of rotatable bonds is 7. The van der Waals surface area contributed by atoms with E-state index in [1.807, 2.05) is 30.3 Å². The largest absolute Gasteiger partial charge is 0.494 e. The molecular weight excluding hydrogens is 262 g/mol. The molecule has 2 rings (SSSR count). The second-order valence-electron chi connectivity index (χ2n) is 3.87. The second-order valence-corrected chi connectivity index (χ2v) is 4.65. The highest BCUT2D eigenvalue weighted by molar-refractivity contribution is 7.11. The number of aromatic nitrogens is 1. The molecule has 0 aliphatic rings. The molecule has 0 spiro atoms.